The van der Waals surface area contributed by atoms with Gasteiger partial charge in [-0.05, 0) is 12.1 Å². The molecule has 0 saturated heterocycles. The Bertz CT molecular complexity index is 615. The zero-order valence-corrected chi connectivity index (χ0v) is 11.2. The highest BCUT2D eigenvalue weighted by Gasteiger charge is 2.12. The SMILES string of the molecule is COc1cc(N)c(NC(=O)c2cccnc2)cc1OC. The molecule has 3 N–H and O–H groups in total. The summed E-state index contributed by atoms with van der Waals surface area (Å²) in [5.74, 6) is 0.699. The Morgan fingerprint density at radius 1 is 1.25 bits per heavy atom. The minimum atomic E-state index is -0.294. The molecule has 1 aromatic carbocycles. The minimum absolute atomic E-state index is 0.294. The van der Waals surface area contributed by atoms with Gasteiger partial charge in [-0.1, -0.05) is 0 Å². The molecule has 0 atom stereocenters. The van der Waals surface area contributed by atoms with Crippen LogP contribution < -0.4 is 20.5 Å². The molecule has 104 valence electrons. The number of nitrogen functional groups attached to an aromatic ring is 1. The molecule has 0 unspecified atom stereocenters. The van der Waals surface area contributed by atoms with Gasteiger partial charge in [0, 0.05) is 24.5 Å². The lowest BCUT2D eigenvalue weighted by molar-refractivity contribution is 0.102. The number of carbonyl (C=O) groups excluding carboxylic acids is 1. The Morgan fingerprint density at radius 2 is 1.95 bits per heavy atom. The molecule has 6 nitrogen and oxygen atoms in total. The molecular formula is C14H15N3O3. The normalized spacial score (nSPS) is 9.90. The van der Waals surface area contributed by atoms with Gasteiger partial charge in [0.25, 0.3) is 5.91 Å². The summed E-state index contributed by atoms with van der Waals surface area (Å²) in [7, 11) is 3.03. The summed E-state index contributed by atoms with van der Waals surface area (Å²) in [6.45, 7) is 0. The number of benzene rings is 1. The van der Waals surface area contributed by atoms with E-state index in [-0.39, 0.29) is 5.91 Å². The van der Waals surface area contributed by atoms with Gasteiger partial charge in [-0.25, -0.2) is 0 Å². The van der Waals surface area contributed by atoms with Gasteiger partial charge < -0.3 is 20.5 Å². The first-order valence-corrected chi connectivity index (χ1v) is 5.88. The molecule has 0 fully saturated rings. The largest absolute Gasteiger partial charge is 0.493 e. The van der Waals surface area contributed by atoms with Gasteiger partial charge in [0.05, 0.1) is 31.2 Å². The van der Waals surface area contributed by atoms with Crippen LogP contribution in [0.5, 0.6) is 11.5 Å². The number of aromatic nitrogens is 1. The average molecular weight is 273 g/mol. The highest BCUT2D eigenvalue weighted by atomic mass is 16.5. The van der Waals surface area contributed by atoms with E-state index in [1.807, 2.05) is 0 Å². The Kier molecular flexibility index (Phi) is 4.05. The summed E-state index contributed by atoms with van der Waals surface area (Å²) in [5, 5.41) is 2.71. The number of carbonyl (C=O) groups is 1. The van der Waals surface area contributed by atoms with Crippen molar-refractivity contribution >= 4 is 17.3 Å². The summed E-state index contributed by atoms with van der Waals surface area (Å²) in [5.41, 5.74) is 7.17. The number of pyridine rings is 1. The quantitative estimate of drug-likeness (QED) is 0.831. The van der Waals surface area contributed by atoms with Crippen LogP contribution in [0.2, 0.25) is 0 Å². The fraction of sp³-hybridized carbons (Fsp3) is 0.143. The third-order valence-electron chi connectivity index (χ3n) is 2.73. The number of rotatable bonds is 4. The maximum absolute atomic E-state index is 12.0. The van der Waals surface area contributed by atoms with Crippen molar-refractivity contribution in [2.45, 2.75) is 0 Å². The Morgan fingerprint density at radius 3 is 2.55 bits per heavy atom. The van der Waals surface area contributed by atoms with Gasteiger partial charge in [-0.2, -0.15) is 0 Å². The minimum Gasteiger partial charge on any atom is -0.493 e. The van der Waals surface area contributed by atoms with Crippen LogP contribution in [-0.4, -0.2) is 25.1 Å². The Labute approximate surface area is 116 Å². The number of nitrogens with one attached hydrogen (secondary N) is 1. The predicted molar refractivity (Wildman–Crippen MR) is 76.1 cm³/mol. The lowest BCUT2D eigenvalue weighted by atomic mass is 10.2. The summed E-state index contributed by atoms with van der Waals surface area (Å²) >= 11 is 0. The van der Waals surface area contributed by atoms with Gasteiger partial charge in [0.15, 0.2) is 11.5 Å². The van der Waals surface area contributed by atoms with Crippen molar-refractivity contribution in [3.8, 4) is 11.5 Å². The van der Waals surface area contributed by atoms with E-state index in [1.165, 1.54) is 20.4 Å². The van der Waals surface area contributed by atoms with Crippen LogP contribution in [0.3, 0.4) is 0 Å². The van der Waals surface area contributed by atoms with Crippen LogP contribution in [0, 0.1) is 0 Å². The molecule has 0 aliphatic heterocycles. The van der Waals surface area contributed by atoms with Crippen LogP contribution in [0.25, 0.3) is 0 Å². The zero-order valence-electron chi connectivity index (χ0n) is 11.2. The molecule has 0 radical (unpaired) electrons. The van der Waals surface area contributed by atoms with E-state index >= 15 is 0 Å². The van der Waals surface area contributed by atoms with E-state index in [2.05, 4.69) is 10.3 Å². The van der Waals surface area contributed by atoms with Crippen LogP contribution in [0.15, 0.2) is 36.7 Å². The van der Waals surface area contributed by atoms with Crippen LogP contribution in [0.1, 0.15) is 10.4 Å². The van der Waals surface area contributed by atoms with E-state index in [0.717, 1.165) is 0 Å². The molecule has 0 saturated carbocycles. The van der Waals surface area contributed by atoms with Crippen molar-refractivity contribution in [3.05, 3.63) is 42.2 Å². The fourth-order valence-electron chi connectivity index (χ4n) is 1.69. The monoisotopic (exact) mass is 273 g/mol. The van der Waals surface area contributed by atoms with E-state index in [0.29, 0.717) is 28.4 Å². The zero-order chi connectivity index (χ0) is 14.5. The third kappa shape index (κ3) is 2.80. The summed E-state index contributed by atoms with van der Waals surface area (Å²) < 4.78 is 10.3. The van der Waals surface area contributed by atoms with Crippen molar-refractivity contribution in [1.82, 2.24) is 4.98 Å². The second-order valence-electron chi connectivity index (χ2n) is 3.99. The number of hydrogen-bond donors (Lipinski definition) is 2. The molecule has 2 rings (SSSR count). The third-order valence-corrected chi connectivity index (χ3v) is 2.73. The molecule has 0 aliphatic rings. The van der Waals surface area contributed by atoms with Crippen molar-refractivity contribution in [3.63, 3.8) is 0 Å². The summed E-state index contributed by atoms with van der Waals surface area (Å²) in [6.07, 6.45) is 3.08. The molecule has 0 aliphatic carbocycles. The first-order valence-electron chi connectivity index (χ1n) is 5.88. The van der Waals surface area contributed by atoms with Gasteiger partial charge >= 0.3 is 0 Å². The van der Waals surface area contributed by atoms with Gasteiger partial charge in [-0.3, -0.25) is 9.78 Å². The summed E-state index contributed by atoms with van der Waals surface area (Å²) in [6, 6.07) is 6.56. The molecule has 0 bridgehead atoms. The van der Waals surface area contributed by atoms with E-state index in [4.69, 9.17) is 15.2 Å². The molecular weight excluding hydrogens is 258 g/mol. The first kappa shape index (κ1) is 13.7. The number of nitrogens with two attached hydrogens (primary N) is 1. The smallest absolute Gasteiger partial charge is 0.257 e. The molecule has 6 heteroatoms. The standard InChI is InChI=1S/C14H15N3O3/c1-19-12-6-10(15)11(7-13(12)20-2)17-14(18)9-4-3-5-16-8-9/h3-8H,15H2,1-2H3,(H,17,18). The fourth-order valence-corrected chi connectivity index (χ4v) is 1.69. The van der Waals surface area contributed by atoms with E-state index in [9.17, 15) is 4.79 Å². The number of amides is 1. The number of anilines is 2. The second-order valence-corrected chi connectivity index (χ2v) is 3.99. The average Bonchev–Trinajstić information content (AvgIpc) is 2.49. The van der Waals surface area contributed by atoms with Gasteiger partial charge in [0.1, 0.15) is 0 Å². The molecule has 2 aromatic rings. The predicted octanol–water partition coefficient (Wildman–Crippen LogP) is 1.93. The molecule has 1 heterocycles. The topological polar surface area (TPSA) is 86.5 Å². The Balaban J connectivity index is 2.28. The molecule has 1 amide bonds. The number of methoxy groups -OCH3 is 2. The second kappa shape index (κ2) is 5.92. The lowest BCUT2D eigenvalue weighted by Crippen LogP contribution is -2.13. The number of ether oxygens (including phenoxy) is 2. The van der Waals surface area contributed by atoms with Crippen molar-refractivity contribution in [1.29, 1.82) is 0 Å². The highest BCUT2D eigenvalue weighted by Crippen LogP contribution is 2.34. The van der Waals surface area contributed by atoms with Gasteiger partial charge in [-0.15, -0.1) is 0 Å². The van der Waals surface area contributed by atoms with Crippen molar-refractivity contribution < 1.29 is 14.3 Å². The lowest BCUT2D eigenvalue weighted by Gasteiger charge is -2.13. The van der Waals surface area contributed by atoms with Crippen molar-refractivity contribution in [2.75, 3.05) is 25.3 Å². The molecule has 1 aromatic heterocycles. The van der Waals surface area contributed by atoms with E-state index < -0.39 is 0 Å². The number of nitrogens with zero attached hydrogens (tertiary/aromatic N) is 1. The van der Waals surface area contributed by atoms with Gasteiger partial charge in [0.2, 0.25) is 0 Å². The molecule has 20 heavy (non-hydrogen) atoms. The Hall–Kier alpha value is -2.76. The first-order chi connectivity index (χ1) is 9.65. The molecule has 0 spiro atoms. The maximum Gasteiger partial charge on any atom is 0.257 e. The number of hydrogen-bond acceptors (Lipinski definition) is 5. The van der Waals surface area contributed by atoms with Crippen LogP contribution >= 0.6 is 0 Å². The summed E-state index contributed by atoms with van der Waals surface area (Å²) in [4.78, 5) is 15.9. The van der Waals surface area contributed by atoms with Crippen molar-refractivity contribution in [2.24, 2.45) is 0 Å². The van der Waals surface area contributed by atoms with Crippen LogP contribution in [0.4, 0.5) is 11.4 Å². The maximum atomic E-state index is 12.0. The van der Waals surface area contributed by atoms with Crippen LogP contribution in [-0.2, 0) is 0 Å². The highest BCUT2D eigenvalue weighted by molar-refractivity contribution is 6.05. The van der Waals surface area contributed by atoms with E-state index in [1.54, 1.807) is 30.5 Å².